The summed E-state index contributed by atoms with van der Waals surface area (Å²) in [4.78, 5) is 19.2. The number of esters is 1. The monoisotopic (exact) mass is 281 g/mol. The lowest BCUT2D eigenvalue weighted by Gasteiger charge is -2.06. The molecule has 0 aliphatic carbocycles. The van der Waals surface area contributed by atoms with Crippen molar-refractivity contribution in [2.24, 2.45) is 0 Å². The normalized spacial score (nSPS) is 10.1. The number of hydrogen-bond donors (Lipinski definition) is 1. The maximum Gasteiger partial charge on any atom is 0.358 e. The number of carbonyl (C=O) groups excluding carboxylic acids is 1. The van der Waals surface area contributed by atoms with Gasteiger partial charge in [0.05, 0.1) is 18.3 Å². The molecule has 0 bridgehead atoms. The molecule has 0 aliphatic rings. The Balaban J connectivity index is 2.29. The summed E-state index contributed by atoms with van der Waals surface area (Å²) in [5.74, 6) is -0.947. The number of anilines is 2. The summed E-state index contributed by atoms with van der Waals surface area (Å²) < 4.78 is 17.6. The summed E-state index contributed by atoms with van der Waals surface area (Å²) >= 11 is 5.78. The fourth-order valence-electron chi connectivity index (χ4n) is 1.36. The van der Waals surface area contributed by atoms with Gasteiger partial charge in [0.15, 0.2) is 5.69 Å². The molecule has 0 spiro atoms. The lowest BCUT2D eigenvalue weighted by Crippen LogP contribution is -2.08. The number of ether oxygens (including phenoxy) is 1. The molecule has 5 nitrogen and oxygen atoms in total. The van der Waals surface area contributed by atoms with E-state index in [1.807, 2.05) is 0 Å². The molecule has 19 heavy (non-hydrogen) atoms. The highest BCUT2D eigenvalue weighted by molar-refractivity contribution is 6.33. The van der Waals surface area contributed by atoms with Gasteiger partial charge in [-0.2, -0.15) is 0 Å². The molecule has 0 radical (unpaired) electrons. The average molecular weight is 282 g/mol. The van der Waals surface area contributed by atoms with Gasteiger partial charge in [-0.15, -0.1) is 0 Å². The molecule has 1 aromatic heterocycles. The van der Waals surface area contributed by atoms with Crippen molar-refractivity contribution in [3.05, 3.63) is 47.0 Å². The quantitative estimate of drug-likeness (QED) is 0.877. The molecule has 0 amide bonds. The summed E-state index contributed by atoms with van der Waals surface area (Å²) in [7, 11) is 1.22. The van der Waals surface area contributed by atoms with Crippen LogP contribution in [0.25, 0.3) is 0 Å². The number of benzene rings is 1. The van der Waals surface area contributed by atoms with E-state index < -0.39 is 11.8 Å². The van der Waals surface area contributed by atoms with Gasteiger partial charge in [-0.25, -0.2) is 19.2 Å². The van der Waals surface area contributed by atoms with Gasteiger partial charge in [-0.05, 0) is 18.2 Å². The van der Waals surface area contributed by atoms with Gasteiger partial charge >= 0.3 is 5.97 Å². The first-order chi connectivity index (χ1) is 9.10. The topological polar surface area (TPSA) is 64.1 Å². The second-order valence-electron chi connectivity index (χ2n) is 3.52. The van der Waals surface area contributed by atoms with Gasteiger partial charge in [-0.3, -0.25) is 0 Å². The zero-order valence-corrected chi connectivity index (χ0v) is 10.6. The predicted molar refractivity (Wildman–Crippen MR) is 68.1 cm³/mol. The number of hydrogen-bond acceptors (Lipinski definition) is 5. The molecule has 0 aliphatic heterocycles. The molecule has 2 rings (SSSR count). The number of halogens is 2. The minimum Gasteiger partial charge on any atom is -0.464 e. The van der Waals surface area contributed by atoms with Gasteiger partial charge < -0.3 is 10.1 Å². The van der Waals surface area contributed by atoms with Crippen LogP contribution in [-0.4, -0.2) is 23.0 Å². The summed E-state index contributed by atoms with van der Waals surface area (Å²) in [6.45, 7) is 0. The first-order valence-corrected chi connectivity index (χ1v) is 5.61. The molecule has 7 heteroatoms. The van der Waals surface area contributed by atoms with Crippen LogP contribution in [0.3, 0.4) is 0 Å². The Morgan fingerprint density at radius 2 is 2.26 bits per heavy atom. The molecular formula is C12H9ClFN3O2. The van der Waals surface area contributed by atoms with Crippen LogP contribution in [-0.2, 0) is 4.74 Å². The number of aromatic nitrogens is 2. The van der Waals surface area contributed by atoms with Crippen molar-refractivity contribution in [2.45, 2.75) is 0 Å². The molecule has 0 fully saturated rings. The number of carbonyl (C=O) groups is 1. The van der Waals surface area contributed by atoms with E-state index in [4.69, 9.17) is 11.6 Å². The summed E-state index contributed by atoms with van der Waals surface area (Å²) in [6.07, 6.45) is 1.27. The van der Waals surface area contributed by atoms with Gasteiger partial charge in [0.1, 0.15) is 5.82 Å². The number of methoxy groups -OCH3 is 1. The summed E-state index contributed by atoms with van der Waals surface area (Å²) in [6, 6.07) is 5.76. The van der Waals surface area contributed by atoms with Gasteiger partial charge in [0, 0.05) is 5.69 Å². The molecule has 1 aromatic carbocycles. The van der Waals surface area contributed by atoms with E-state index in [0.717, 1.165) is 0 Å². The second kappa shape index (κ2) is 5.62. The Labute approximate surface area is 113 Å². The molecule has 0 unspecified atom stereocenters. The highest BCUT2D eigenvalue weighted by atomic mass is 35.5. The largest absolute Gasteiger partial charge is 0.464 e. The molecular weight excluding hydrogens is 273 g/mol. The van der Waals surface area contributed by atoms with Crippen molar-refractivity contribution in [3.8, 4) is 0 Å². The van der Waals surface area contributed by atoms with Crippen molar-refractivity contribution in [1.82, 2.24) is 9.97 Å². The SMILES string of the molecule is COC(=O)c1nc(Nc2cccc(F)c2)ncc1Cl. The third-order valence-corrected chi connectivity index (χ3v) is 2.48. The van der Waals surface area contributed by atoms with Crippen molar-refractivity contribution in [3.63, 3.8) is 0 Å². The lowest BCUT2D eigenvalue weighted by atomic mass is 10.3. The summed E-state index contributed by atoms with van der Waals surface area (Å²) in [5.41, 5.74) is 0.399. The zero-order chi connectivity index (χ0) is 13.8. The minimum absolute atomic E-state index is 0.0573. The first kappa shape index (κ1) is 13.2. The maximum atomic E-state index is 13.0. The van der Waals surface area contributed by atoms with Gasteiger partial charge in [-0.1, -0.05) is 17.7 Å². The van der Waals surface area contributed by atoms with Crippen LogP contribution in [0.5, 0.6) is 0 Å². The van der Waals surface area contributed by atoms with Crippen LogP contribution in [0, 0.1) is 5.82 Å². The maximum absolute atomic E-state index is 13.0. The van der Waals surface area contributed by atoms with Gasteiger partial charge in [0.2, 0.25) is 5.95 Å². The van der Waals surface area contributed by atoms with Crippen molar-refractivity contribution in [1.29, 1.82) is 0 Å². The highest BCUT2D eigenvalue weighted by Gasteiger charge is 2.14. The number of nitrogens with one attached hydrogen (secondary N) is 1. The fraction of sp³-hybridized carbons (Fsp3) is 0.0833. The molecule has 1 N–H and O–H groups in total. The smallest absolute Gasteiger partial charge is 0.358 e. The Kier molecular flexibility index (Phi) is 3.91. The Morgan fingerprint density at radius 3 is 2.95 bits per heavy atom. The standard InChI is InChI=1S/C12H9ClFN3O2/c1-19-11(18)10-9(13)6-15-12(17-10)16-8-4-2-3-7(14)5-8/h2-6H,1H3,(H,15,16,17). The first-order valence-electron chi connectivity index (χ1n) is 5.23. The van der Waals surface area contributed by atoms with Crippen LogP contribution in [0.2, 0.25) is 5.02 Å². The van der Waals surface area contributed by atoms with Crippen LogP contribution >= 0.6 is 11.6 Å². The zero-order valence-electron chi connectivity index (χ0n) is 9.85. The van der Waals surface area contributed by atoms with E-state index in [-0.39, 0.29) is 16.7 Å². The summed E-state index contributed by atoms with van der Waals surface area (Å²) in [5, 5.41) is 2.84. The van der Waals surface area contributed by atoms with Crippen LogP contribution in [0.4, 0.5) is 16.0 Å². The van der Waals surface area contributed by atoms with Crippen LogP contribution < -0.4 is 5.32 Å². The number of rotatable bonds is 3. The highest BCUT2D eigenvalue weighted by Crippen LogP contribution is 2.18. The minimum atomic E-state index is -0.672. The molecule has 0 saturated heterocycles. The van der Waals surface area contributed by atoms with E-state index >= 15 is 0 Å². The molecule has 1 heterocycles. The molecule has 0 saturated carbocycles. The van der Waals surface area contributed by atoms with E-state index in [9.17, 15) is 9.18 Å². The third kappa shape index (κ3) is 3.17. The predicted octanol–water partition coefficient (Wildman–Crippen LogP) is 2.80. The lowest BCUT2D eigenvalue weighted by molar-refractivity contribution is 0.0594. The Morgan fingerprint density at radius 1 is 1.47 bits per heavy atom. The third-order valence-electron chi connectivity index (χ3n) is 2.20. The fourth-order valence-corrected chi connectivity index (χ4v) is 1.53. The van der Waals surface area contributed by atoms with Crippen molar-refractivity contribution >= 4 is 29.2 Å². The van der Waals surface area contributed by atoms with E-state index in [0.29, 0.717) is 5.69 Å². The van der Waals surface area contributed by atoms with Crippen LogP contribution in [0.1, 0.15) is 10.5 Å². The van der Waals surface area contributed by atoms with Crippen molar-refractivity contribution < 1.29 is 13.9 Å². The molecule has 0 atom stereocenters. The Hall–Kier alpha value is -2.21. The number of nitrogens with zero attached hydrogens (tertiary/aromatic N) is 2. The van der Waals surface area contributed by atoms with Crippen molar-refractivity contribution in [2.75, 3.05) is 12.4 Å². The molecule has 98 valence electrons. The van der Waals surface area contributed by atoms with E-state index in [1.165, 1.54) is 31.5 Å². The molecule has 2 aromatic rings. The van der Waals surface area contributed by atoms with E-state index in [1.54, 1.807) is 6.07 Å². The van der Waals surface area contributed by atoms with Crippen LogP contribution in [0.15, 0.2) is 30.5 Å². The average Bonchev–Trinajstić information content (AvgIpc) is 2.40. The second-order valence-corrected chi connectivity index (χ2v) is 3.92. The van der Waals surface area contributed by atoms with Gasteiger partial charge in [0.25, 0.3) is 0 Å². The van der Waals surface area contributed by atoms with E-state index in [2.05, 4.69) is 20.0 Å². The Bertz CT molecular complexity index is 622.